The van der Waals surface area contributed by atoms with E-state index in [2.05, 4.69) is 10.6 Å². The summed E-state index contributed by atoms with van der Waals surface area (Å²) >= 11 is 0. The predicted molar refractivity (Wildman–Crippen MR) is 61.9 cm³/mol. The van der Waals surface area contributed by atoms with E-state index >= 15 is 0 Å². The molecule has 18 heavy (non-hydrogen) atoms. The van der Waals surface area contributed by atoms with E-state index in [1.807, 2.05) is 0 Å². The number of halogens is 2. The van der Waals surface area contributed by atoms with E-state index in [9.17, 15) is 8.78 Å². The average molecular weight is 262 g/mol. The molecule has 0 aromatic heterocycles. The Morgan fingerprint density at radius 3 is 2.33 bits per heavy atom. The van der Waals surface area contributed by atoms with Crippen LogP contribution in [0.15, 0.2) is 0 Å². The number of morpholine rings is 1. The van der Waals surface area contributed by atoms with Crippen LogP contribution in [0.1, 0.15) is 12.8 Å². The molecule has 0 amide bonds. The van der Waals surface area contributed by atoms with E-state index in [4.69, 9.17) is 9.47 Å². The Morgan fingerprint density at radius 2 is 1.83 bits per heavy atom. The predicted octanol–water partition coefficient (Wildman–Crippen LogP) is 0.380. The molecular formula is C12H20F2N2O2. The van der Waals surface area contributed by atoms with E-state index in [1.54, 1.807) is 0 Å². The van der Waals surface area contributed by atoms with Crippen LogP contribution in [0.2, 0.25) is 0 Å². The lowest BCUT2D eigenvalue weighted by Gasteiger charge is -2.58. The average Bonchev–Trinajstić information content (AvgIpc) is 2.39. The van der Waals surface area contributed by atoms with Crippen LogP contribution in [0.3, 0.4) is 0 Å². The molecule has 2 aliphatic heterocycles. The molecule has 2 N–H and O–H groups in total. The van der Waals surface area contributed by atoms with Gasteiger partial charge in [-0.05, 0) is 0 Å². The molecule has 3 rings (SSSR count). The zero-order valence-corrected chi connectivity index (χ0v) is 10.4. The van der Waals surface area contributed by atoms with Gasteiger partial charge in [-0.15, -0.1) is 0 Å². The molecule has 104 valence electrons. The molecule has 3 aliphatic rings. The molecule has 0 radical (unpaired) electrons. The first-order valence-electron chi connectivity index (χ1n) is 6.49. The molecule has 1 atom stereocenters. The van der Waals surface area contributed by atoms with Gasteiger partial charge in [-0.25, -0.2) is 0 Å². The fourth-order valence-electron chi connectivity index (χ4n) is 3.23. The molecule has 0 bridgehead atoms. The highest BCUT2D eigenvalue weighted by molar-refractivity contribution is 5.09. The summed E-state index contributed by atoms with van der Waals surface area (Å²) in [6.45, 7) is 2.20. The topological polar surface area (TPSA) is 42.5 Å². The highest BCUT2D eigenvalue weighted by atomic mass is 19.1. The van der Waals surface area contributed by atoms with E-state index in [0.29, 0.717) is 26.1 Å². The van der Waals surface area contributed by atoms with Crippen molar-refractivity contribution in [2.75, 3.05) is 46.3 Å². The van der Waals surface area contributed by atoms with E-state index < -0.39 is 24.5 Å². The van der Waals surface area contributed by atoms with E-state index in [0.717, 1.165) is 19.7 Å². The lowest BCUT2D eigenvalue weighted by molar-refractivity contribution is -0.236. The molecule has 6 heteroatoms. The van der Waals surface area contributed by atoms with Gasteiger partial charge in [0.15, 0.2) is 0 Å². The Labute approximate surface area is 105 Å². The third kappa shape index (κ3) is 1.95. The minimum Gasteiger partial charge on any atom is -0.378 e. The van der Waals surface area contributed by atoms with Crippen LogP contribution in [0.5, 0.6) is 0 Å². The quantitative estimate of drug-likeness (QED) is 0.755. The smallest absolute Gasteiger partial charge is 0.120 e. The van der Waals surface area contributed by atoms with Crippen molar-refractivity contribution in [3.8, 4) is 0 Å². The minimum atomic E-state index is -0.812. The number of alkyl halides is 2. The zero-order chi connectivity index (χ0) is 12.7. The van der Waals surface area contributed by atoms with Gasteiger partial charge >= 0.3 is 0 Å². The van der Waals surface area contributed by atoms with Crippen molar-refractivity contribution in [2.24, 2.45) is 5.41 Å². The minimum absolute atomic E-state index is 0.173. The second-order valence-corrected chi connectivity index (χ2v) is 6.02. The van der Waals surface area contributed by atoms with Crippen molar-refractivity contribution in [2.45, 2.75) is 24.1 Å². The molecular weight excluding hydrogens is 242 g/mol. The van der Waals surface area contributed by atoms with Gasteiger partial charge in [0, 0.05) is 31.3 Å². The Morgan fingerprint density at radius 1 is 1.06 bits per heavy atom. The summed E-state index contributed by atoms with van der Waals surface area (Å²) in [5.41, 5.74) is -1.50. The standard InChI is InChI=1S/C12H20F2N2O2/c13-5-10(6-14)3-12(4-10)16-7-11(9-18-12)8-17-2-1-15-11/h15-16H,1-9H2. The Bertz CT molecular complexity index is 297. The molecule has 2 saturated heterocycles. The van der Waals surface area contributed by atoms with Gasteiger partial charge in [0.1, 0.15) is 5.72 Å². The SMILES string of the molecule is FCC1(CF)CC2(C1)NCC1(COCCN1)CO2. The number of hydrogen-bond acceptors (Lipinski definition) is 4. The van der Waals surface area contributed by atoms with Crippen LogP contribution < -0.4 is 10.6 Å². The van der Waals surface area contributed by atoms with Gasteiger partial charge in [-0.2, -0.15) is 0 Å². The van der Waals surface area contributed by atoms with Crippen LogP contribution in [-0.2, 0) is 9.47 Å². The Balaban J connectivity index is 1.58. The lowest BCUT2D eigenvalue weighted by Crippen LogP contribution is -2.75. The van der Waals surface area contributed by atoms with Gasteiger partial charge in [0.05, 0.1) is 38.7 Å². The number of rotatable bonds is 2. The van der Waals surface area contributed by atoms with Crippen molar-refractivity contribution in [3.05, 3.63) is 0 Å². The lowest BCUT2D eigenvalue weighted by atomic mass is 9.63. The summed E-state index contributed by atoms with van der Waals surface area (Å²) in [6, 6.07) is 0. The van der Waals surface area contributed by atoms with E-state index in [-0.39, 0.29) is 5.54 Å². The van der Waals surface area contributed by atoms with E-state index in [1.165, 1.54) is 0 Å². The Kier molecular flexibility index (Phi) is 3.09. The van der Waals surface area contributed by atoms with Crippen molar-refractivity contribution in [1.29, 1.82) is 0 Å². The van der Waals surface area contributed by atoms with Gasteiger partial charge in [-0.1, -0.05) is 0 Å². The molecule has 3 fully saturated rings. The maximum absolute atomic E-state index is 12.8. The first-order chi connectivity index (χ1) is 8.66. The first-order valence-corrected chi connectivity index (χ1v) is 6.49. The maximum atomic E-state index is 12.8. The Hall–Kier alpha value is -0.300. The molecule has 0 aromatic rings. The van der Waals surface area contributed by atoms with Gasteiger partial charge in [-0.3, -0.25) is 14.1 Å². The van der Waals surface area contributed by atoms with Crippen LogP contribution in [-0.4, -0.2) is 57.5 Å². The van der Waals surface area contributed by atoms with Crippen LogP contribution >= 0.6 is 0 Å². The summed E-state index contributed by atoms with van der Waals surface area (Å²) in [7, 11) is 0. The first kappa shape index (κ1) is 12.7. The van der Waals surface area contributed by atoms with Gasteiger partial charge in [0.2, 0.25) is 0 Å². The van der Waals surface area contributed by atoms with Crippen molar-refractivity contribution in [1.82, 2.24) is 10.6 Å². The van der Waals surface area contributed by atoms with Crippen LogP contribution in [0.4, 0.5) is 8.78 Å². The summed E-state index contributed by atoms with van der Waals surface area (Å²) in [5, 5.41) is 6.73. The van der Waals surface area contributed by atoms with Crippen LogP contribution in [0, 0.1) is 5.41 Å². The third-order valence-corrected chi connectivity index (χ3v) is 4.39. The summed E-state index contributed by atoms with van der Waals surface area (Å²) < 4.78 is 37.0. The fraction of sp³-hybridized carbons (Fsp3) is 1.00. The number of nitrogens with one attached hydrogen (secondary N) is 2. The number of hydrogen-bond donors (Lipinski definition) is 2. The number of ether oxygens (including phenoxy) is 2. The maximum Gasteiger partial charge on any atom is 0.120 e. The second kappa shape index (κ2) is 4.37. The fourth-order valence-corrected chi connectivity index (χ4v) is 3.23. The van der Waals surface area contributed by atoms with Crippen molar-refractivity contribution >= 4 is 0 Å². The monoisotopic (exact) mass is 262 g/mol. The van der Waals surface area contributed by atoms with Crippen LogP contribution in [0.25, 0.3) is 0 Å². The van der Waals surface area contributed by atoms with Crippen molar-refractivity contribution in [3.63, 3.8) is 0 Å². The summed E-state index contributed by atoms with van der Waals surface area (Å²) in [4.78, 5) is 0. The molecule has 1 unspecified atom stereocenters. The molecule has 0 aromatic carbocycles. The molecule has 4 nitrogen and oxygen atoms in total. The summed E-state index contributed by atoms with van der Waals surface area (Å²) in [6.07, 6.45) is 0.841. The summed E-state index contributed by atoms with van der Waals surface area (Å²) in [5.74, 6) is 0. The molecule has 1 aliphatic carbocycles. The molecule has 1 saturated carbocycles. The van der Waals surface area contributed by atoms with Gasteiger partial charge < -0.3 is 14.8 Å². The highest BCUT2D eigenvalue weighted by Gasteiger charge is 2.59. The zero-order valence-electron chi connectivity index (χ0n) is 10.4. The second-order valence-electron chi connectivity index (χ2n) is 6.02. The third-order valence-electron chi connectivity index (χ3n) is 4.39. The van der Waals surface area contributed by atoms with Crippen molar-refractivity contribution < 1.29 is 18.3 Å². The molecule has 2 heterocycles. The normalized spacial score (nSPS) is 37.7. The largest absolute Gasteiger partial charge is 0.378 e. The molecule has 2 spiro atoms. The van der Waals surface area contributed by atoms with Gasteiger partial charge in [0.25, 0.3) is 0 Å². The highest BCUT2D eigenvalue weighted by Crippen LogP contribution is 2.51.